The van der Waals surface area contributed by atoms with Gasteiger partial charge >= 0.3 is 0 Å². The van der Waals surface area contributed by atoms with E-state index in [0.717, 1.165) is 17.4 Å². The van der Waals surface area contributed by atoms with Gasteiger partial charge in [0, 0.05) is 11.7 Å². The Morgan fingerprint density at radius 2 is 2.05 bits per heavy atom. The molecule has 1 aromatic carbocycles. The molecule has 0 aliphatic heterocycles. The van der Waals surface area contributed by atoms with Crippen molar-refractivity contribution in [3.8, 4) is 5.75 Å². The molecule has 2 unspecified atom stereocenters. The van der Waals surface area contributed by atoms with Gasteiger partial charge in [-0.25, -0.2) is 0 Å². The second-order valence-corrected chi connectivity index (χ2v) is 7.01. The Bertz CT molecular complexity index is 444. The van der Waals surface area contributed by atoms with Crippen LogP contribution in [0.15, 0.2) is 18.2 Å². The summed E-state index contributed by atoms with van der Waals surface area (Å²) in [5.74, 6) is 1.50. The van der Waals surface area contributed by atoms with E-state index in [-0.39, 0.29) is 0 Å². The van der Waals surface area contributed by atoms with Crippen LogP contribution in [-0.2, 0) is 0 Å². The summed E-state index contributed by atoms with van der Waals surface area (Å²) in [5, 5.41) is 4.28. The molecule has 1 aliphatic rings. The lowest BCUT2D eigenvalue weighted by atomic mass is 9.70. The molecule has 2 atom stereocenters. The fourth-order valence-corrected chi connectivity index (χ4v) is 3.71. The van der Waals surface area contributed by atoms with Crippen molar-refractivity contribution in [3.63, 3.8) is 0 Å². The molecule has 0 aromatic heterocycles. The first-order valence-corrected chi connectivity index (χ1v) is 7.37. The summed E-state index contributed by atoms with van der Waals surface area (Å²) in [6.45, 7) is 7.06. The second-order valence-electron chi connectivity index (χ2n) is 6.60. The van der Waals surface area contributed by atoms with Gasteiger partial charge in [-0.15, -0.1) is 0 Å². The molecule has 1 aliphatic carbocycles. The first-order chi connectivity index (χ1) is 8.89. The molecule has 0 saturated heterocycles. The van der Waals surface area contributed by atoms with Crippen LogP contribution in [0.2, 0.25) is 5.02 Å². The third-order valence-corrected chi connectivity index (χ3v) is 4.20. The number of rotatable bonds is 3. The van der Waals surface area contributed by atoms with Gasteiger partial charge in [0.2, 0.25) is 0 Å². The molecule has 0 radical (unpaired) electrons. The van der Waals surface area contributed by atoms with Crippen LogP contribution in [0.25, 0.3) is 0 Å². The SMILES string of the molecule is COc1ccc(NC2CC(C)CC(C)(C)C2)cc1Cl. The first-order valence-electron chi connectivity index (χ1n) is 7.00. The van der Waals surface area contributed by atoms with Crippen molar-refractivity contribution in [2.75, 3.05) is 12.4 Å². The Morgan fingerprint density at radius 3 is 2.63 bits per heavy atom. The minimum absolute atomic E-state index is 0.422. The third-order valence-electron chi connectivity index (χ3n) is 3.91. The number of ether oxygens (including phenoxy) is 1. The number of benzene rings is 1. The van der Waals surface area contributed by atoms with E-state index in [9.17, 15) is 0 Å². The Balaban J connectivity index is 2.06. The topological polar surface area (TPSA) is 21.3 Å². The lowest BCUT2D eigenvalue weighted by molar-refractivity contribution is 0.178. The van der Waals surface area contributed by atoms with Crippen molar-refractivity contribution in [2.24, 2.45) is 11.3 Å². The predicted octanol–water partition coefficient (Wildman–Crippen LogP) is 4.98. The van der Waals surface area contributed by atoms with Crippen LogP contribution in [0.4, 0.5) is 5.69 Å². The molecular formula is C16H24ClNO. The zero-order valence-corrected chi connectivity index (χ0v) is 13.1. The van der Waals surface area contributed by atoms with Gasteiger partial charge in [-0.3, -0.25) is 0 Å². The molecule has 1 N–H and O–H groups in total. The lowest BCUT2D eigenvalue weighted by Crippen LogP contribution is -2.35. The maximum Gasteiger partial charge on any atom is 0.137 e. The molecule has 0 amide bonds. The summed E-state index contributed by atoms with van der Waals surface area (Å²) >= 11 is 6.17. The third kappa shape index (κ3) is 3.79. The number of anilines is 1. The number of hydrogen-bond donors (Lipinski definition) is 1. The molecule has 1 fully saturated rings. The molecule has 106 valence electrons. The fourth-order valence-electron chi connectivity index (χ4n) is 3.45. The standard InChI is InChI=1S/C16H24ClNO/c1-11-7-13(10-16(2,3)9-11)18-12-5-6-15(19-4)14(17)8-12/h5-6,8,11,13,18H,7,9-10H2,1-4H3. The highest BCUT2D eigenvalue weighted by Gasteiger charge is 2.31. The van der Waals surface area contributed by atoms with Crippen LogP contribution in [-0.4, -0.2) is 13.2 Å². The molecule has 0 bridgehead atoms. The van der Waals surface area contributed by atoms with E-state index >= 15 is 0 Å². The van der Waals surface area contributed by atoms with Crippen LogP contribution in [0.1, 0.15) is 40.0 Å². The maximum atomic E-state index is 6.17. The fraction of sp³-hybridized carbons (Fsp3) is 0.625. The van der Waals surface area contributed by atoms with Crippen LogP contribution < -0.4 is 10.1 Å². The second kappa shape index (κ2) is 5.62. The van der Waals surface area contributed by atoms with E-state index in [1.807, 2.05) is 18.2 Å². The summed E-state index contributed by atoms with van der Waals surface area (Å²) in [6, 6.07) is 6.44. The largest absolute Gasteiger partial charge is 0.495 e. The van der Waals surface area contributed by atoms with Gasteiger partial charge in [-0.05, 0) is 48.8 Å². The van der Waals surface area contributed by atoms with Gasteiger partial charge < -0.3 is 10.1 Å². The maximum absolute atomic E-state index is 6.17. The molecule has 2 rings (SSSR count). The van der Waals surface area contributed by atoms with Crippen LogP contribution in [0.5, 0.6) is 5.75 Å². The normalized spacial score (nSPS) is 25.9. The van der Waals surface area contributed by atoms with Crippen LogP contribution in [0, 0.1) is 11.3 Å². The lowest BCUT2D eigenvalue weighted by Gasteiger charge is -2.39. The number of hydrogen-bond acceptors (Lipinski definition) is 2. The number of methoxy groups -OCH3 is 1. The summed E-state index contributed by atoms with van der Waals surface area (Å²) in [5.41, 5.74) is 1.51. The quantitative estimate of drug-likeness (QED) is 0.844. The molecule has 2 nitrogen and oxygen atoms in total. The van der Waals surface area contributed by atoms with E-state index in [2.05, 4.69) is 26.1 Å². The highest BCUT2D eigenvalue weighted by atomic mass is 35.5. The Labute approximate surface area is 121 Å². The van der Waals surface area contributed by atoms with Crippen molar-refractivity contribution < 1.29 is 4.74 Å². The highest BCUT2D eigenvalue weighted by Crippen LogP contribution is 2.40. The molecule has 1 saturated carbocycles. The van der Waals surface area contributed by atoms with Gasteiger partial charge in [0.25, 0.3) is 0 Å². The average molecular weight is 282 g/mol. The van der Waals surface area contributed by atoms with Gasteiger partial charge in [0.1, 0.15) is 5.75 Å². The number of halogens is 1. The summed E-state index contributed by atoms with van der Waals surface area (Å²) in [6.07, 6.45) is 3.75. The van der Waals surface area contributed by atoms with Gasteiger partial charge in [-0.2, -0.15) is 0 Å². The van der Waals surface area contributed by atoms with E-state index in [1.54, 1.807) is 7.11 Å². The average Bonchev–Trinajstić information content (AvgIpc) is 2.26. The van der Waals surface area contributed by atoms with Crippen LogP contribution >= 0.6 is 11.6 Å². The molecule has 0 spiro atoms. The van der Waals surface area contributed by atoms with Crippen LogP contribution in [0.3, 0.4) is 0 Å². The van der Waals surface area contributed by atoms with Crippen molar-refractivity contribution in [2.45, 2.75) is 46.1 Å². The number of nitrogens with one attached hydrogen (secondary N) is 1. The summed E-state index contributed by atoms with van der Waals surface area (Å²) in [4.78, 5) is 0. The van der Waals surface area contributed by atoms with Crippen molar-refractivity contribution in [1.29, 1.82) is 0 Å². The van der Waals surface area contributed by atoms with Crippen molar-refractivity contribution >= 4 is 17.3 Å². The van der Waals surface area contributed by atoms with Gasteiger partial charge in [0.15, 0.2) is 0 Å². The Morgan fingerprint density at radius 1 is 1.32 bits per heavy atom. The molecular weight excluding hydrogens is 258 g/mol. The highest BCUT2D eigenvalue weighted by molar-refractivity contribution is 6.32. The molecule has 0 heterocycles. The zero-order valence-electron chi connectivity index (χ0n) is 12.3. The van der Waals surface area contributed by atoms with E-state index < -0.39 is 0 Å². The Kier molecular flexibility index (Phi) is 4.29. The van der Waals surface area contributed by atoms with Crippen molar-refractivity contribution in [3.05, 3.63) is 23.2 Å². The summed E-state index contributed by atoms with van der Waals surface area (Å²) in [7, 11) is 1.64. The molecule has 19 heavy (non-hydrogen) atoms. The monoisotopic (exact) mass is 281 g/mol. The van der Waals surface area contributed by atoms with E-state index in [1.165, 1.54) is 19.3 Å². The van der Waals surface area contributed by atoms with Gasteiger partial charge in [-0.1, -0.05) is 32.4 Å². The minimum atomic E-state index is 0.422. The first kappa shape index (κ1) is 14.5. The zero-order chi connectivity index (χ0) is 14.0. The summed E-state index contributed by atoms with van der Waals surface area (Å²) < 4.78 is 5.18. The van der Waals surface area contributed by atoms with E-state index in [0.29, 0.717) is 16.5 Å². The van der Waals surface area contributed by atoms with Crippen molar-refractivity contribution in [1.82, 2.24) is 0 Å². The molecule has 1 aromatic rings. The molecule has 3 heteroatoms. The Hall–Kier alpha value is -0.890. The van der Waals surface area contributed by atoms with Gasteiger partial charge in [0.05, 0.1) is 12.1 Å². The predicted molar refractivity (Wildman–Crippen MR) is 82.2 cm³/mol. The smallest absolute Gasteiger partial charge is 0.137 e. The minimum Gasteiger partial charge on any atom is -0.495 e. The van der Waals surface area contributed by atoms with E-state index in [4.69, 9.17) is 16.3 Å².